The van der Waals surface area contributed by atoms with Crippen molar-refractivity contribution in [3.05, 3.63) is 27.8 Å². The van der Waals surface area contributed by atoms with Gasteiger partial charge in [-0.2, -0.15) is 4.98 Å². The van der Waals surface area contributed by atoms with Gasteiger partial charge in [0.2, 0.25) is 5.89 Å². The minimum Gasteiger partial charge on any atom is -0.339 e. The van der Waals surface area contributed by atoms with Crippen LogP contribution < -0.4 is 5.73 Å². The molecule has 2 aromatic rings. The number of rotatable bonds is 2. The van der Waals surface area contributed by atoms with Crippen molar-refractivity contribution in [1.82, 2.24) is 15.1 Å². The van der Waals surface area contributed by atoms with Crippen molar-refractivity contribution >= 4 is 11.3 Å². The highest BCUT2D eigenvalue weighted by Gasteiger charge is 2.25. The van der Waals surface area contributed by atoms with Crippen LogP contribution in [0.5, 0.6) is 0 Å². The summed E-state index contributed by atoms with van der Waals surface area (Å²) < 4.78 is 5.21. The standard InChI is InChI=1S/C11H16N4OS/c1-6-13-7(5-17-6)8(12)9-14-10(16-15-9)11(2,3)4/h5,8H,12H2,1-4H3. The molecule has 0 bridgehead atoms. The molecule has 2 aromatic heterocycles. The van der Waals surface area contributed by atoms with Gasteiger partial charge in [-0.3, -0.25) is 0 Å². The molecule has 0 radical (unpaired) electrons. The van der Waals surface area contributed by atoms with E-state index in [1.807, 2.05) is 33.1 Å². The fraction of sp³-hybridized carbons (Fsp3) is 0.545. The normalized spacial score (nSPS) is 13.9. The molecule has 0 amide bonds. The van der Waals surface area contributed by atoms with Gasteiger partial charge in [0.15, 0.2) is 5.82 Å². The van der Waals surface area contributed by atoms with Crippen molar-refractivity contribution in [2.75, 3.05) is 0 Å². The van der Waals surface area contributed by atoms with Crippen LogP contribution in [0.2, 0.25) is 0 Å². The molecule has 0 aromatic carbocycles. The van der Waals surface area contributed by atoms with Gasteiger partial charge in [0.25, 0.3) is 0 Å². The average Bonchev–Trinajstić information content (AvgIpc) is 2.83. The molecule has 5 nitrogen and oxygen atoms in total. The first-order valence-electron chi connectivity index (χ1n) is 5.39. The van der Waals surface area contributed by atoms with Crippen LogP contribution in [0.15, 0.2) is 9.90 Å². The van der Waals surface area contributed by atoms with Gasteiger partial charge in [-0.05, 0) is 6.92 Å². The molecular formula is C11H16N4OS. The predicted molar refractivity (Wildman–Crippen MR) is 65.9 cm³/mol. The molecular weight excluding hydrogens is 236 g/mol. The summed E-state index contributed by atoms with van der Waals surface area (Å²) in [6.07, 6.45) is 0. The van der Waals surface area contributed by atoms with E-state index in [1.165, 1.54) is 0 Å². The van der Waals surface area contributed by atoms with Gasteiger partial charge >= 0.3 is 0 Å². The fourth-order valence-electron chi connectivity index (χ4n) is 1.32. The Bertz CT molecular complexity index is 512. The second kappa shape index (κ2) is 4.19. The number of thiazole rings is 1. The molecule has 0 aliphatic carbocycles. The third-order valence-corrected chi connectivity index (χ3v) is 3.11. The quantitative estimate of drug-likeness (QED) is 0.886. The Morgan fingerprint density at radius 2 is 2.06 bits per heavy atom. The summed E-state index contributed by atoms with van der Waals surface area (Å²) in [5, 5.41) is 6.83. The second-order valence-electron chi connectivity index (χ2n) is 4.98. The summed E-state index contributed by atoms with van der Waals surface area (Å²) >= 11 is 1.56. The molecule has 0 spiro atoms. The van der Waals surface area contributed by atoms with Crippen LogP contribution >= 0.6 is 11.3 Å². The maximum atomic E-state index is 6.05. The molecule has 0 saturated heterocycles. The first-order valence-corrected chi connectivity index (χ1v) is 6.27. The molecule has 0 fully saturated rings. The lowest BCUT2D eigenvalue weighted by atomic mass is 9.97. The van der Waals surface area contributed by atoms with Crippen LogP contribution in [0.25, 0.3) is 0 Å². The maximum absolute atomic E-state index is 6.05. The second-order valence-corrected chi connectivity index (χ2v) is 6.04. The Hall–Kier alpha value is -1.27. The maximum Gasteiger partial charge on any atom is 0.232 e. The molecule has 0 aliphatic rings. The van der Waals surface area contributed by atoms with Crippen LogP contribution in [0, 0.1) is 6.92 Å². The zero-order chi connectivity index (χ0) is 12.6. The van der Waals surface area contributed by atoms with Crippen LogP contribution in [0.4, 0.5) is 0 Å². The summed E-state index contributed by atoms with van der Waals surface area (Å²) in [5.74, 6) is 1.08. The Balaban J connectivity index is 2.26. The highest BCUT2D eigenvalue weighted by Crippen LogP contribution is 2.23. The monoisotopic (exact) mass is 252 g/mol. The largest absolute Gasteiger partial charge is 0.339 e. The predicted octanol–water partition coefficient (Wildman–Crippen LogP) is 2.18. The smallest absolute Gasteiger partial charge is 0.232 e. The molecule has 0 aliphatic heterocycles. The van der Waals surface area contributed by atoms with Gasteiger partial charge in [-0.15, -0.1) is 11.3 Å². The van der Waals surface area contributed by atoms with E-state index in [4.69, 9.17) is 10.3 Å². The summed E-state index contributed by atoms with van der Waals surface area (Å²) in [6, 6.07) is -0.417. The summed E-state index contributed by atoms with van der Waals surface area (Å²) in [4.78, 5) is 8.66. The summed E-state index contributed by atoms with van der Waals surface area (Å²) in [6.45, 7) is 7.99. The Labute approximate surface area is 104 Å². The van der Waals surface area contributed by atoms with Crippen LogP contribution in [-0.4, -0.2) is 15.1 Å². The first kappa shape index (κ1) is 12.2. The molecule has 17 heavy (non-hydrogen) atoms. The molecule has 6 heteroatoms. The van der Waals surface area contributed by atoms with Gasteiger partial charge < -0.3 is 10.3 Å². The molecule has 1 atom stereocenters. The van der Waals surface area contributed by atoms with E-state index in [-0.39, 0.29) is 5.41 Å². The molecule has 92 valence electrons. The van der Waals surface area contributed by atoms with Crippen molar-refractivity contribution < 1.29 is 4.52 Å². The van der Waals surface area contributed by atoms with Gasteiger partial charge in [0.1, 0.15) is 6.04 Å². The first-order chi connectivity index (χ1) is 7.88. The summed E-state index contributed by atoms with van der Waals surface area (Å²) in [7, 11) is 0. The number of hydrogen-bond donors (Lipinski definition) is 1. The van der Waals surface area contributed by atoms with Crippen molar-refractivity contribution in [2.45, 2.75) is 39.2 Å². The number of aromatic nitrogens is 3. The van der Waals surface area contributed by atoms with E-state index in [1.54, 1.807) is 11.3 Å². The van der Waals surface area contributed by atoms with E-state index in [2.05, 4.69) is 15.1 Å². The zero-order valence-electron chi connectivity index (χ0n) is 10.4. The average molecular weight is 252 g/mol. The topological polar surface area (TPSA) is 77.8 Å². The highest BCUT2D eigenvalue weighted by atomic mass is 32.1. The number of hydrogen-bond acceptors (Lipinski definition) is 6. The minimum absolute atomic E-state index is 0.164. The van der Waals surface area contributed by atoms with E-state index in [9.17, 15) is 0 Å². The molecule has 2 heterocycles. The fourth-order valence-corrected chi connectivity index (χ4v) is 1.97. The highest BCUT2D eigenvalue weighted by molar-refractivity contribution is 7.09. The molecule has 0 saturated carbocycles. The van der Waals surface area contributed by atoms with Crippen molar-refractivity contribution in [3.63, 3.8) is 0 Å². The van der Waals surface area contributed by atoms with Gasteiger partial charge in [0.05, 0.1) is 10.7 Å². The minimum atomic E-state index is -0.417. The SMILES string of the molecule is Cc1nc(C(N)c2noc(C(C)(C)C)n2)cs1. The lowest BCUT2D eigenvalue weighted by Gasteiger charge is -2.10. The molecule has 2 N–H and O–H groups in total. The van der Waals surface area contributed by atoms with Crippen molar-refractivity contribution in [1.29, 1.82) is 0 Å². The van der Waals surface area contributed by atoms with Crippen molar-refractivity contribution in [2.24, 2.45) is 5.73 Å². The van der Waals surface area contributed by atoms with Gasteiger partial charge in [-0.1, -0.05) is 25.9 Å². The van der Waals surface area contributed by atoms with E-state index < -0.39 is 6.04 Å². The summed E-state index contributed by atoms with van der Waals surface area (Å²) in [5.41, 5.74) is 6.67. The number of nitrogens with two attached hydrogens (primary N) is 1. The number of nitrogens with zero attached hydrogens (tertiary/aromatic N) is 3. The van der Waals surface area contributed by atoms with E-state index in [0.29, 0.717) is 11.7 Å². The lowest BCUT2D eigenvalue weighted by Crippen LogP contribution is -2.16. The van der Waals surface area contributed by atoms with Gasteiger partial charge in [-0.25, -0.2) is 4.98 Å². The Kier molecular flexibility index (Phi) is 3.01. The van der Waals surface area contributed by atoms with Crippen LogP contribution in [-0.2, 0) is 5.41 Å². The Morgan fingerprint density at radius 1 is 1.35 bits per heavy atom. The lowest BCUT2D eigenvalue weighted by molar-refractivity contribution is 0.317. The van der Waals surface area contributed by atoms with Crippen LogP contribution in [0.3, 0.4) is 0 Å². The van der Waals surface area contributed by atoms with E-state index >= 15 is 0 Å². The Morgan fingerprint density at radius 3 is 2.53 bits per heavy atom. The number of aryl methyl sites for hydroxylation is 1. The van der Waals surface area contributed by atoms with E-state index in [0.717, 1.165) is 10.7 Å². The van der Waals surface area contributed by atoms with Crippen molar-refractivity contribution in [3.8, 4) is 0 Å². The van der Waals surface area contributed by atoms with Crippen LogP contribution in [0.1, 0.15) is 49.2 Å². The van der Waals surface area contributed by atoms with Gasteiger partial charge in [0, 0.05) is 10.8 Å². The molecule has 1 unspecified atom stereocenters. The zero-order valence-corrected chi connectivity index (χ0v) is 11.2. The third-order valence-electron chi connectivity index (χ3n) is 2.32. The third kappa shape index (κ3) is 2.53. The molecule has 2 rings (SSSR count).